The molecule has 2 heterocycles. The number of ether oxygens (including phenoxy) is 3. The highest BCUT2D eigenvalue weighted by atomic mass is 16.7. The van der Waals surface area contributed by atoms with Crippen molar-refractivity contribution < 1.29 is 23.8 Å². The number of nitrogens with one attached hydrogen (secondary N) is 1. The molecular formula is C21H28N2O5. The van der Waals surface area contributed by atoms with Crippen molar-refractivity contribution in [3.05, 3.63) is 36.0 Å². The molecular weight excluding hydrogens is 360 g/mol. The number of cyclic esters (lactones) is 2. The number of rotatable bonds is 6. The Bertz CT molecular complexity index is 697. The number of carbonyl (C=O) groups is 2. The van der Waals surface area contributed by atoms with E-state index in [9.17, 15) is 9.59 Å². The second-order valence-electron chi connectivity index (χ2n) is 7.51. The van der Waals surface area contributed by atoms with Gasteiger partial charge in [0.2, 0.25) is 0 Å². The van der Waals surface area contributed by atoms with Gasteiger partial charge in [-0.3, -0.25) is 4.90 Å². The van der Waals surface area contributed by atoms with Crippen LogP contribution in [-0.4, -0.2) is 48.9 Å². The zero-order chi connectivity index (χ0) is 20.0. The van der Waals surface area contributed by atoms with Gasteiger partial charge in [0.25, 0.3) is 5.79 Å². The Morgan fingerprint density at radius 1 is 1.04 bits per heavy atom. The van der Waals surface area contributed by atoms with Gasteiger partial charge in [0.15, 0.2) is 5.57 Å². The van der Waals surface area contributed by atoms with E-state index in [0.29, 0.717) is 6.61 Å². The van der Waals surface area contributed by atoms with Crippen LogP contribution < -0.4 is 10.1 Å². The van der Waals surface area contributed by atoms with E-state index in [1.165, 1.54) is 45.7 Å². The molecule has 0 radical (unpaired) electrons. The normalized spacial score (nSPS) is 20.0. The third kappa shape index (κ3) is 5.73. The molecule has 2 aliphatic heterocycles. The second kappa shape index (κ2) is 9.10. The van der Waals surface area contributed by atoms with E-state index in [4.69, 9.17) is 14.2 Å². The summed E-state index contributed by atoms with van der Waals surface area (Å²) in [6, 6.07) is 7.34. The first-order chi connectivity index (χ1) is 13.4. The van der Waals surface area contributed by atoms with Crippen LogP contribution in [0.4, 0.5) is 5.69 Å². The molecule has 2 fully saturated rings. The van der Waals surface area contributed by atoms with Crippen LogP contribution in [0.3, 0.4) is 0 Å². The van der Waals surface area contributed by atoms with Crippen molar-refractivity contribution in [2.45, 2.75) is 45.3 Å². The predicted molar refractivity (Wildman–Crippen MR) is 105 cm³/mol. The smallest absolute Gasteiger partial charge is 0.350 e. The average Bonchev–Trinajstić information content (AvgIpc) is 2.90. The fourth-order valence-electron chi connectivity index (χ4n) is 3.23. The first kappa shape index (κ1) is 20.2. The molecule has 3 rings (SSSR count). The van der Waals surface area contributed by atoms with E-state index in [-0.39, 0.29) is 5.57 Å². The number of likely N-dealkylation sites (tertiary alicyclic amines) is 1. The first-order valence-corrected chi connectivity index (χ1v) is 9.81. The van der Waals surface area contributed by atoms with E-state index in [2.05, 4.69) is 10.2 Å². The van der Waals surface area contributed by atoms with E-state index >= 15 is 0 Å². The maximum Gasteiger partial charge on any atom is 0.350 e. The lowest BCUT2D eigenvalue weighted by Gasteiger charge is -2.29. The average molecular weight is 388 g/mol. The lowest BCUT2D eigenvalue weighted by molar-refractivity contribution is -0.222. The highest BCUT2D eigenvalue weighted by Gasteiger charge is 2.38. The summed E-state index contributed by atoms with van der Waals surface area (Å²) in [6.07, 6.45) is 6.50. The zero-order valence-electron chi connectivity index (χ0n) is 16.5. The van der Waals surface area contributed by atoms with Gasteiger partial charge in [-0.1, -0.05) is 12.8 Å². The number of hydrogen-bond acceptors (Lipinski definition) is 7. The molecule has 0 unspecified atom stereocenters. The van der Waals surface area contributed by atoms with Gasteiger partial charge in [-0.05, 0) is 50.2 Å². The quantitative estimate of drug-likeness (QED) is 0.456. The molecule has 1 N–H and O–H groups in total. The monoisotopic (exact) mass is 388 g/mol. The van der Waals surface area contributed by atoms with Gasteiger partial charge in [0, 0.05) is 32.3 Å². The number of benzene rings is 1. The predicted octanol–water partition coefficient (Wildman–Crippen LogP) is 3.07. The van der Waals surface area contributed by atoms with Crippen LogP contribution >= 0.6 is 0 Å². The van der Waals surface area contributed by atoms with Crippen LogP contribution in [0.5, 0.6) is 5.75 Å². The van der Waals surface area contributed by atoms with Crippen LogP contribution in [-0.2, 0) is 19.1 Å². The maximum absolute atomic E-state index is 11.9. The van der Waals surface area contributed by atoms with Crippen molar-refractivity contribution in [3.8, 4) is 5.75 Å². The number of carbonyl (C=O) groups excluding carboxylic acids is 2. The largest absolute Gasteiger partial charge is 0.492 e. The molecule has 2 aliphatic rings. The number of esters is 2. The Morgan fingerprint density at radius 2 is 1.64 bits per heavy atom. The standard InChI is InChI=1S/C21H28N2O5/c1-21(2)27-19(24)18(20(25)28-21)15-22-16-7-9-17(10-8-16)26-14-13-23-11-5-3-4-6-12-23/h7-10,15,22H,3-6,11-14H2,1-2H3. The molecule has 0 aliphatic carbocycles. The number of hydrogen-bond donors (Lipinski definition) is 1. The Kier molecular flexibility index (Phi) is 6.57. The minimum Gasteiger partial charge on any atom is -0.492 e. The number of anilines is 1. The SMILES string of the molecule is CC1(C)OC(=O)C(=CNc2ccc(OCCN3CCCCCC3)cc2)C(=O)O1. The Morgan fingerprint density at radius 3 is 2.25 bits per heavy atom. The van der Waals surface area contributed by atoms with Gasteiger partial charge in [0.05, 0.1) is 0 Å². The van der Waals surface area contributed by atoms with E-state index < -0.39 is 17.7 Å². The minimum atomic E-state index is -1.24. The van der Waals surface area contributed by atoms with Crippen LogP contribution in [0, 0.1) is 0 Å². The molecule has 0 amide bonds. The van der Waals surface area contributed by atoms with Crippen LogP contribution in [0.15, 0.2) is 36.0 Å². The van der Waals surface area contributed by atoms with Gasteiger partial charge < -0.3 is 19.5 Å². The molecule has 152 valence electrons. The fourth-order valence-corrected chi connectivity index (χ4v) is 3.23. The summed E-state index contributed by atoms with van der Waals surface area (Å²) in [5.41, 5.74) is 0.551. The highest BCUT2D eigenvalue weighted by Crippen LogP contribution is 2.23. The molecule has 7 heteroatoms. The summed E-state index contributed by atoms with van der Waals surface area (Å²) < 4.78 is 15.9. The Balaban J connectivity index is 1.47. The Labute approximate surface area is 165 Å². The lowest BCUT2D eigenvalue weighted by atomic mass is 10.2. The molecule has 7 nitrogen and oxygen atoms in total. The molecule has 28 heavy (non-hydrogen) atoms. The summed E-state index contributed by atoms with van der Waals surface area (Å²) >= 11 is 0. The van der Waals surface area contributed by atoms with Gasteiger partial charge in [-0.15, -0.1) is 0 Å². The van der Waals surface area contributed by atoms with Crippen molar-refractivity contribution in [1.82, 2.24) is 4.90 Å². The van der Waals surface area contributed by atoms with E-state index in [0.717, 1.165) is 31.1 Å². The summed E-state index contributed by atoms with van der Waals surface area (Å²) in [5, 5.41) is 2.92. The second-order valence-corrected chi connectivity index (χ2v) is 7.51. The molecule has 0 spiro atoms. The van der Waals surface area contributed by atoms with Crippen LogP contribution in [0.1, 0.15) is 39.5 Å². The fraction of sp³-hybridized carbons (Fsp3) is 0.524. The molecule has 2 saturated heterocycles. The van der Waals surface area contributed by atoms with E-state index in [1.54, 1.807) is 0 Å². The third-order valence-electron chi connectivity index (χ3n) is 4.73. The van der Waals surface area contributed by atoms with Crippen molar-refractivity contribution in [1.29, 1.82) is 0 Å². The van der Waals surface area contributed by atoms with Crippen molar-refractivity contribution in [3.63, 3.8) is 0 Å². The topological polar surface area (TPSA) is 77.1 Å². The molecule has 0 aromatic heterocycles. The highest BCUT2D eigenvalue weighted by molar-refractivity contribution is 6.15. The van der Waals surface area contributed by atoms with Gasteiger partial charge in [-0.25, -0.2) is 9.59 Å². The van der Waals surface area contributed by atoms with Gasteiger partial charge >= 0.3 is 11.9 Å². The lowest BCUT2D eigenvalue weighted by Crippen LogP contribution is -2.42. The molecule has 1 aromatic rings. The minimum absolute atomic E-state index is 0.169. The van der Waals surface area contributed by atoms with E-state index in [1.807, 2.05) is 24.3 Å². The van der Waals surface area contributed by atoms with Gasteiger partial charge in [0.1, 0.15) is 12.4 Å². The first-order valence-electron chi connectivity index (χ1n) is 9.81. The van der Waals surface area contributed by atoms with Crippen molar-refractivity contribution >= 4 is 17.6 Å². The summed E-state index contributed by atoms with van der Waals surface area (Å²) in [4.78, 5) is 26.3. The summed E-state index contributed by atoms with van der Waals surface area (Å²) in [7, 11) is 0. The maximum atomic E-state index is 11.9. The van der Waals surface area contributed by atoms with Gasteiger partial charge in [-0.2, -0.15) is 0 Å². The number of nitrogens with zero attached hydrogens (tertiary/aromatic N) is 1. The Hall–Kier alpha value is -2.54. The molecule has 0 saturated carbocycles. The zero-order valence-corrected chi connectivity index (χ0v) is 16.5. The van der Waals surface area contributed by atoms with Crippen molar-refractivity contribution in [2.24, 2.45) is 0 Å². The summed E-state index contributed by atoms with van der Waals surface area (Å²) in [6.45, 7) is 6.93. The van der Waals surface area contributed by atoms with Crippen molar-refractivity contribution in [2.75, 3.05) is 31.6 Å². The van der Waals surface area contributed by atoms with Crippen LogP contribution in [0.25, 0.3) is 0 Å². The molecule has 0 atom stereocenters. The van der Waals surface area contributed by atoms with Crippen LogP contribution in [0.2, 0.25) is 0 Å². The third-order valence-corrected chi connectivity index (χ3v) is 4.73. The molecule has 1 aromatic carbocycles. The molecule has 0 bridgehead atoms. The summed E-state index contributed by atoms with van der Waals surface area (Å²) in [5.74, 6) is -1.87.